The molecule has 0 spiro atoms. The van der Waals surface area contributed by atoms with Crippen molar-refractivity contribution in [2.75, 3.05) is 33.3 Å². The summed E-state index contributed by atoms with van der Waals surface area (Å²) in [6, 6.07) is 7.58. The number of pyridine rings is 1. The Morgan fingerprint density at radius 1 is 1.17 bits per heavy atom. The average molecular weight is 484 g/mol. The van der Waals surface area contributed by atoms with Gasteiger partial charge in [0, 0.05) is 37.3 Å². The Hall–Kier alpha value is -2.51. The standard InChI is InChI=1S/C28H38FN3O3/c1-19-15-32(20(2)18-33)28(34)25-13-23(22-9-11-24(29)12-10-22)14-30-27(25)35-26(19)17-31(3)16-21-7-5-4-6-8-21/h9-14,19-21,26,33H,4-8,15-18H2,1-3H3/t19-,20-,26+/m1/s1. The van der Waals surface area contributed by atoms with E-state index < -0.39 is 0 Å². The van der Waals surface area contributed by atoms with Gasteiger partial charge in [-0.25, -0.2) is 9.37 Å². The van der Waals surface area contributed by atoms with Crippen LogP contribution in [-0.2, 0) is 0 Å². The molecule has 6 nitrogen and oxygen atoms in total. The van der Waals surface area contributed by atoms with Gasteiger partial charge in [0.1, 0.15) is 17.5 Å². The molecule has 35 heavy (non-hydrogen) atoms. The zero-order valence-corrected chi connectivity index (χ0v) is 21.1. The van der Waals surface area contributed by atoms with Crippen LogP contribution in [-0.4, -0.2) is 71.2 Å². The molecule has 1 aromatic heterocycles. The summed E-state index contributed by atoms with van der Waals surface area (Å²) in [6.07, 6.45) is 8.09. The van der Waals surface area contributed by atoms with Crippen molar-refractivity contribution in [3.8, 4) is 17.0 Å². The van der Waals surface area contributed by atoms with Gasteiger partial charge in [0.15, 0.2) is 0 Å². The highest BCUT2D eigenvalue weighted by atomic mass is 19.1. The maximum atomic E-state index is 13.6. The third kappa shape index (κ3) is 6.19. The summed E-state index contributed by atoms with van der Waals surface area (Å²) < 4.78 is 19.9. The number of aliphatic hydroxyl groups is 1. The second-order valence-corrected chi connectivity index (χ2v) is 10.4. The number of fused-ring (bicyclic) bond motifs is 1. The molecule has 2 heterocycles. The van der Waals surface area contributed by atoms with Gasteiger partial charge in [-0.3, -0.25) is 4.79 Å². The Balaban J connectivity index is 1.62. The highest BCUT2D eigenvalue weighted by molar-refractivity contribution is 5.98. The van der Waals surface area contributed by atoms with Gasteiger partial charge in [0.05, 0.1) is 12.6 Å². The minimum atomic E-state index is -0.328. The molecule has 4 rings (SSSR count). The van der Waals surface area contributed by atoms with Crippen molar-refractivity contribution in [1.82, 2.24) is 14.8 Å². The lowest BCUT2D eigenvalue weighted by Gasteiger charge is -2.38. The molecule has 190 valence electrons. The zero-order chi connectivity index (χ0) is 24.9. The van der Waals surface area contributed by atoms with E-state index >= 15 is 0 Å². The highest BCUT2D eigenvalue weighted by Crippen LogP contribution is 2.31. The second-order valence-electron chi connectivity index (χ2n) is 10.4. The van der Waals surface area contributed by atoms with Crippen molar-refractivity contribution in [3.05, 3.63) is 47.9 Å². The average Bonchev–Trinajstić information content (AvgIpc) is 2.86. The third-order valence-corrected chi connectivity index (χ3v) is 7.48. The summed E-state index contributed by atoms with van der Waals surface area (Å²) in [4.78, 5) is 22.2. The van der Waals surface area contributed by atoms with Crippen molar-refractivity contribution in [3.63, 3.8) is 0 Å². The molecule has 3 atom stereocenters. The normalized spacial score (nSPS) is 22.3. The van der Waals surface area contributed by atoms with E-state index in [2.05, 4.69) is 23.9 Å². The van der Waals surface area contributed by atoms with Gasteiger partial charge in [0.25, 0.3) is 5.91 Å². The van der Waals surface area contributed by atoms with Crippen LogP contribution in [0.1, 0.15) is 56.3 Å². The van der Waals surface area contributed by atoms with Gasteiger partial charge in [-0.2, -0.15) is 0 Å². The van der Waals surface area contributed by atoms with E-state index in [1.54, 1.807) is 29.3 Å². The summed E-state index contributed by atoms with van der Waals surface area (Å²) in [5.74, 6) is 0.587. The SMILES string of the molecule is C[C@@H]1CN([C@H](C)CO)C(=O)c2cc(-c3ccc(F)cc3)cnc2O[C@H]1CN(C)CC1CCCCC1. The van der Waals surface area contributed by atoms with Crippen LogP contribution in [0.4, 0.5) is 4.39 Å². The predicted octanol–water partition coefficient (Wildman–Crippen LogP) is 4.62. The number of carbonyl (C=O) groups is 1. The lowest BCUT2D eigenvalue weighted by Crippen LogP contribution is -2.50. The third-order valence-electron chi connectivity index (χ3n) is 7.48. The zero-order valence-electron chi connectivity index (χ0n) is 21.1. The van der Waals surface area contributed by atoms with Gasteiger partial charge in [0.2, 0.25) is 5.88 Å². The van der Waals surface area contributed by atoms with Crippen molar-refractivity contribution in [1.29, 1.82) is 0 Å². The van der Waals surface area contributed by atoms with Crippen LogP contribution >= 0.6 is 0 Å². The number of benzene rings is 1. The number of carbonyl (C=O) groups excluding carboxylic acids is 1. The number of halogens is 1. The number of amides is 1. The topological polar surface area (TPSA) is 65.9 Å². The molecular weight excluding hydrogens is 445 g/mol. The number of hydrogen-bond acceptors (Lipinski definition) is 5. The van der Waals surface area contributed by atoms with Crippen LogP contribution in [0.2, 0.25) is 0 Å². The van der Waals surface area contributed by atoms with Crippen molar-refractivity contribution >= 4 is 5.91 Å². The fraction of sp³-hybridized carbons (Fsp3) is 0.571. The van der Waals surface area contributed by atoms with Gasteiger partial charge in [-0.1, -0.05) is 38.3 Å². The number of rotatable bonds is 7. The molecule has 1 aromatic carbocycles. The van der Waals surface area contributed by atoms with Crippen LogP contribution in [0.3, 0.4) is 0 Å². The maximum absolute atomic E-state index is 13.6. The Bertz CT molecular complexity index is 993. The number of ether oxygens (including phenoxy) is 1. The molecule has 0 saturated heterocycles. The van der Waals surface area contributed by atoms with Crippen molar-refractivity contribution in [2.24, 2.45) is 11.8 Å². The molecule has 1 amide bonds. The van der Waals surface area contributed by atoms with E-state index in [1.807, 2.05) is 6.92 Å². The summed E-state index contributed by atoms with van der Waals surface area (Å²) >= 11 is 0. The van der Waals surface area contributed by atoms with Crippen LogP contribution < -0.4 is 4.74 Å². The predicted molar refractivity (Wildman–Crippen MR) is 135 cm³/mol. The molecule has 1 saturated carbocycles. The molecule has 1 N–H and O–H groups in total. The number of hydrogen-bond donors (Lipinski definition) is 1. The first-order valence-electron chi connectivity index (χ1n) is 12.9. The van der Waals surface area contributed by atoms with Gasteiger partial charge >= 0.3 is 0 Å². The number of likely N-dealkylation sites (N-methyl/N-ethyl adjacent to an activating group) is 1. The minimum absolute atomic E-state index is 0.0634. The van der Waals surface area contributed by atoms with E-state index in [-0.39, 0.29) is 36.4 Å². The van der Waals surface area contributed by atoms with E-state index in [1.165, 1.54) is 44.2 Å². The summed E-state index contributed by atoms with van der Waals surface area (Å²) in [5.41, 5.74) is 1.87. The van der Waals surface area contributed by atoms with Crippen molar-refractivity contribution in [2.45, 2.75) is 58.1 Å². The Morgan fingerprint density at radius 2 is 1.89 bits per heavy atom. The Labute approximate surface area is 208 Å². The van der Waals surface area contributed by atoms with E-state index in [0.717, 1.165) is 30.1 Å². The van der Waals surface area contributed by atoms with E-state index in [0.29, 0.717) is 18.0 Å². The fourth-order valence-corrected chi connectivity index (χ4v) is 5.31. The molecule has 1 aliphatic heterocycles. The van der Waals surface area contributed by atoms with Crippen LogP contribution in [0, 0.1) is 17.7 Å². The maximum Gasteiger partial charge on any atom is 0.259 e. The first kappa shape index (κ1) is 25.6. The lowest BCUT2D eigenvalue weighted by molar-refractivity contribution is 0.0314. The second kappa shape index (κ2) is 11.5. The first-order chi connectivity index (χ1) is 16.9. The fourth-order valence-electron chi connectivity index (χ4n) is 5.31. The van der Waals surface area contributed by atoms with E-state index in [4.69, 9.17) is 4.74 Å². The van der Waals surface area contributed by atoms with Crippen molar-refractivity contribution < 1.29 is 19.0 Å². The lowest BCUT2D eigenvalue weighted by atomic mass is 9.89. The first-order valence-corrected chi connectivity index (χ1v) is 12.9. The molecule has 1 fully saturated rings. The molecule has 0 radical (unpaired) electrons. The highest BCUT2D eigenvalue weighted by Gasteiger charge is 2.34. The van der Waals surface area contributed by atoms with E-state index in [9.17, 15) is 14.3 Å². The quantitative estimate of drug-likeness (QED) is 0.623. The molecule has 1 aliphatic carbocycles. The smallest absolute Gasteiger partial charge is 0.259 e. The summed E-state index contributed by atoms with van der Waals surface area (Å²) in [5, 5.41) is 9.87. The van der Waals surface area contributed by atoms with Crippen LogP contribution in [0.5, 0.6) is 5.88 Å². The van der Waals surface area contributed by atoms with Gasteiger partial charge in [-0.05, 0) is 56.5 Å². The molecule has 7 heteroatoms. The van der Waals surface area contributed by atoms with Gasteiger partial charge in [-0.15, -0.1) is 0 Å². The molecule has 0 unspecified atom stereocenters. The number of aliphatic hydroxyl groups excluding tert-OH is 1. The Kier molecular flexibility index (Phi) is 8.39. The Morgan fingerprint density at radius 3 is 2.57 bits per heavy atom. The summed E-state index contributed by atoms with van der Waals surface area (Å²) in [6.45, 7) is 6.12. The molecule has 2 aliphatic rings. The van der Waals surface area contributed by atoms with Gasteiger partial charge < -0.3 is 19.6 Å². The molecular formula is C28H38FN3O3. The van der Waals surface area contributed by atoms with Crippen LogP contribution in [0.15, 0.2) is 36.5 Å². The molecule has 0 bridgehead atoms. The number of nitrogens with zero attached hydrogens (tertiary/aromatic N) is 3. The minimum Gasteiger partial charge on any atom is -0.472 e. The molecule has 2 aromatic rings. The number of aromatic nitrogens is 1. The van der Waals surface area contributed by atoms with Crippen LogP contribution in [0.25, 0.3) is 11.1 Å². The monoisotopic (exact) mass is 483 g/mol. The summed E-state index contributed by atoms with van der Waals surface area (Å²) in [7, 11) is 2.15. The largest absolute Gasteiger partial charge is 0.472 e.